The summed E-state index contributed by atoms with van der Waals surface area (Å²) in [7, 11) is 0. The summed E-state index contributed by atoms with van der Waals surface area (Å²) < 4.78 is 0. The molecule has 2 aliphatic rings. The van der Waals surface area contributed by atoms with Gasteiger partial charge in [-0.2, -0.15) is 0 Å². The van der Waals surface area contributed by atoms with Crippen LogP contribution in [-0.4, -0.2) is 23.2 Å². The van der Waals surface area contributed by atoms with E-state index < -0.39 is 0 Å². The average Bonchev–Trinajstić information content (AvgIpc) is 3.05. The van der Waals surface area contributed by atoms with Gasteiger partial charge in [-0.25, -0.2) is 4.99 Å². The van der Waals surface area contributed by atoms with Crippen LogP contribution in [0.2, 0.25) is 0 Å². The number of hydrogen-bond donors (Lipinski definition) is 1. The molecule has 31 heavy (non-hydrogen) atoms. The van der Waals surface area contributed by atoms with Gasteiger partial charge in [0.2, 0.25) is 0 Å². The molecule has 2 heterocycles. The second kappa shape index (κ2) is 8.54. The van der Waals surface area contributed by atoms with Gasteiger partial charge < -0.3 is 10.2 Å². The number of anilines is 1. The van der Waals surface area contributed by atoms with Crippen molar-refractivity contribution in [2.45, 2.75) is 58.9 Å². The molecule has 2 aromatic carbocycles. The predicted molar refractivity (Wildman–Crippen MR) is 133 cm³/mol. The predicted octanol–water partition coefficient (Wildman–Crippen LogP) is 6.39. The largest absolute Gasteiger partial charge is 0.366 e. The SMILES string of the molecule is CCCN1c2ccc(/C=C3/SC(=Nc4ccccc4C)NC3=O)cc2C(C)CC1(C)C. The summed E-state index contributed by atoms with van der Waals surface area (Å²) in [5.41, 5.74) is 5.90. The Bertz CT molecular complexity index is 1070. The van der Waals surface area contributed by atoms with Gasteiger partial charge in [0.1, 0.15) is 0 Å². The minimum absolute atomic E-state index is 0.0863. The van der Waals surface area contributed by atoms with Crippen molar-refractivity contribution in [2.75, 3.05) is 11.4 Å². The van der Waals surface area contributed by atoms with Crippen molar-refractivity contribution < 1.29 is 4.79 Å². The number of benzene rings is 2. The van der Waals surface area contributed by atoms with Crippen molar-refractivity contribution in [1.29, 1.82) is 0 Å². The highest BCUT2D eigenvalue weighted by Crippen LogP contribution is 2.44. The maximum Gasteiger partial charge on any atom is 0.264 e. The first-order chi connectivity index (χ1) is 14.8. The number of aryl methyl sites for hydroxylation is 1. The third-order valence-electron chi connectivity index (χ3n) is 6.14. The Morgan fingerprint density at radius 2 is 2.03 bits per heavy atom. The van der Waals surface area contributed by atoms with Crippen LogP contribution >= 0.6 is 11.8 Å². The number of carbonyl (C=O) groups excluding carboxylic acids is 1. The van der Waals surface area contributed by atoms with Crippen LogP contribution in [0.5, 0.6) is 0 Å². The van der Waals surface area contributed by atoms with Gasteiger partial charge in [0, 0.05) is 17.8 Å². The van der Waals surface area contributed by atoms with E-state index in [4.69, 9.17) is 0 Å². The van der Waals surface area contributed by atoms with Gasteiger partial charge in [0.05, 0.1) is 10.6 Å². The highest BCUT2D eigenvalue weighted by Gasteiger charge is 2.35. The number of amides is 1. The van der Waals surface area contributed by atoms with Gasteiger partial charge in [0.25, 0.3) is 5.91 Å². The zero-order chi connectivity index (χ0) is 22.2. The first-order valence-corrected chi connectivity index (χ1v) is 11.9. The minimum atomic E-state index is -0.0863. The molecule has 1 N–H and O–H groups in total. The van der Waals surface area contributed by atoms with Crippen LogP contribution in [0.25, 0.3) is 6.08 Å². The van der Waals surface area contributed by atoms with E-state index in [-0.39, 0.29) is 11.4 Å². The van der Waals surface area contributed by atoms with Gasteiger partial charge in [-0.3, -0.25) is 4.79 Å². The topological polar surface area (TPSA) is 44.7 Å². The van der Waals surface area contributed by atoms with E-state index in [0.29, 0.717) is 16.0 Å². The molecule has 162 valence electrons. The van der Waals surface area contributed by atoms with Crippen molar-refractivity contribution in [3.63, 3.8) is 0 Å². The Balaban J connectivity index is 1.62. The number of aliphatic imine (C=N–C) groups is 1. The maximum absolute atomic E-state index is 12.6. The lowest BCUT2D eigenvalue weighted by molar-refractivity contribution is -0.115. The highest BCUT2D eigenvalue weighted by atomic mass is 32.2. The number of para-hydroxylation sites is 1. The molecular formula is C26H31N3OS. The Morgan fingerprint density at radius 3 is 2.77 bits per heavy atom. The lowest BCUT2D eigenvalue weighted by Crippen LogP contribution is -2.48. The molecule has 4 rings (SSSR count). The number of nitrogens with one attached hydrogen (secondary N) is 1. The molecule has 0 aromatic heterocycles. The van der Waals surface area contributed by atoms with Crippen LogP contribution in [0.1, 0.15) is 63.1 Å². The molecule has 2 aromatic rings. The van der Waals surface area contributed by atoms with Crippen molar-refractivity contribution in [3.05, 3.63) is 64.1 Å². The molecule has 1 amide bonds. The first kappa shape index (κ1) is 21.7. The van der Waals surface area contributed by atoms with Gasteiger partial charge in [-0.05, 0) is 92.3 Å². The standard InChI is InChI=1S/C26H31N3OS/c1-6-13-29-22-12-11-19(14-20(22)18(3)16-26(29,4)5)15-23-24(30)28-25(31-23)27-21-10-8-7-9-17(21)2/h7-12,14-15,18H,6,13,16H2,1-5H3,(H,27,28,30)/b23-15+. The highest BCUT2D eigenvalue weighted by molar-refractivity contribution is 8.18. The fraction of sp³-hybridized carbons (Fsp3) is 0.385. The molecule has 1 saturated heterocycles. The van der Waals surface area contributed by atoms with Gasteiger partial charge in [-0.1, -0.05) is 38.1 Å². The number of rotatable bonds is 4. The van der Waals surface area contributed by atoms with Crippen molar-refractivity contribution in [3.8, 4) is 0 Å². The molecule has 2 aliphatic heterocycles. The molecule has 1 fully saturated rings. The third-order valence-corrected chi connectivity index (χ3v) is 7.05. The minimum Gasteiger partial charge on any atom is -0.366 e. The van der Waals surface area contributed by atoms with E-state index in [1.54, 1.807) is 0 Å². The Kier molecular flexibility index (Phi) is 5.98. The fourth-order valence-corrected chi connectivity index (χ4v) is 5.51. The number of amidine groups is 1. The Labute approximate surface area is 189 Å². The van der Waals surface area contributed by atoms with E-state index in [0.717, 1.165) is 36.2 Å². The summed E-state index contributed by atoms with van der Waals surface area (Å²) in [6.45, 7) is 12.3. The van der Waals surface area contributed by atoms with Gasteiger partial charge in [0.15, 0.2) is 5.17 Å². The molecule has 0 saturated carbocycles. The molecule has 0 aliphatic carbocycles. The number of hydrogen-bond acceptors (Lipinski definition) is 4. The van der Waals surface area contributed by atoms with Crippen LogP contribution in [0, 0.1) is 6.92 Å². The Morgan fingerprint density at radius 1 is 1.26 bits per heavy atom. The summed E-state index contributed by atoms with van der Waals surface area (Å²) >= 11 is 1.40. The van der Waals surface area contributed by atoms with E-state index in [1.165, 1.54) is 23.0 Å². The molecule has 5 heteroatoms. The summed E-state index contributed by atoms with van der Waals surface area (Å²) in [6.07, 6.45) is 4.24. The van der Waals surface area contributed by atoms with Crippen molar-refractivity contribution in [2.24, 2.45) is 4.99 Å². The Hall–Kier alpha value is -2.53. The second-order valence-electron chi connectivity index (χ2n) is 9.16. The van der Waals surface area contributed by atoms with Gasteiger partial charge >= 0.3 is 0 Å². The molecular weight excluding hydrogens is 402 g/mol. The van der Waals surface area contributed by atoms with Crippen LogP contribution in [-0.2, 0) is 4.79 Å². The lowest BCUT2D eigenvalue weighted by Gasteiger charge is -2.47. The van der Waals surface area contributed by atoms with Crippen molar-refractivity contribution >= 4 is 40.3 Å². The molecule has 1 unspecified atom stereocenters. The molecule has 0 radical (unpaired) electrons. The van der Waals surface area contributed by atoms with E-state index in [1.807, 2.05) is 37.3 Å². The van der Waals surface area contributed by atoms with E-state index in [9.17, 15) is 4.79 Å². The third kappa shape index (κ3) is 4.42. The average molecular weight is 434 g/mol. The molecule has 1 atom stereocenters. The van der Waals surface area contributed by atoms with E-state index >= 15 is 0 Å². The summed E-state index contributed by atoms with van der Waals surface area (Å²) in [4.78, 5) is 20.4. The quantitative estimate of drug-likeness (QED) is 0.568. The van der Waals surface area contributed by atoms with Crippen LogP contribution < -0.4 is 10.2 Å². The first-order valence-electron chi connectivity index (χ1n) is 11.1. The molecule has 0 spiro atoms. The number of nitrogens with zero attached hydrogens (tertiary/aromatic N) is 2. The maximum atomic E-state index is 12.6. The fourth-order valence-electron chi connectivity index (χ4n) is 4.68. The normalized spacial score (nSPS) is 22.7. The lowest BCUT2D eigenvalue weighted by atomic mass is 9.79. The van der Waals surface area contributed by atoms with Gasteiger partial charge in [-0.15, -0.1) is 0 Å². The van der Waals surface area contributed by atoms with Crippen LogP contribution in [0.4, 0.5) is 11.4 Å². The van der Waals surface area contributed by atoms with Crippen LogP contribution in [0.3, 0.4) is 0 Å². The second-order valence-corrected chi connectivity index (χ2v) is 10.2. The monoisotopic (exact) mass is 433 g/mol. The van der Waals surface area contributed by atoms with E-state index in [2.05, 4.69) is 61.1 Å². The zero-order valence-electron chi connectivity index (χ0n) is 19.0. The summed E-state index contributed by atoms with van der Waals surface area (Å²) in [5, 5.41) is 3.54. The molecule has 0 bridgehead atoms. The zero-order valence-corrected chi connectivity index (χ0v) is 19.8. The van der Waals surface area contributed by atoms with Crippen molar-refractivity contribution in [1.82, 2.24) is 5.32 Å². The van der Waals surface area contributed by atoms with Crippen LogP contribution in [0.15, 0.2) is 52.4 Å². The number of thioether (sulfide) groups is 1. The smallest absolute Gasteiger partial charge is 0.264 e. The number of carbonyl (C=O) groups is 1. The number of fused-ring (bicyclic) bond motifs is 1. The summed E-state index contributed by atoms with van der Waals surface area (Å²) in [5.74, 6) is 0.400. The molecule has 4 nitrogen and oxygen atoms in total. The summed E-state index contributed by atoms with van der Waals surface area (Å²) in [6, 6.07) is 14.6.